The monoisotopic (exact) mass is 370 g/mol. The van der Waals surface area contributed by atoms with Crippen LogP contribution in [0.2, 0.25) is 5.02 Å². The molecule has 26 heavy (non-hydrogen) atoms. The zero-order chi connectivity index (χ0) is 18.6. The van der Waals surface area contributed by atoms with Crippen LogP contribution in [0, 0.1) is 16.7 Å². The van der Waals surface area contributed by atoms with Crippen molar-refractivity contribution in [1.29, 1.82) is 5.26 Å². The normalized spacial score (nSPS) is 16.0. The third kappa shape index (κ3) is 3.78. The number of rotatable bonds is 4. The number of benzene rings is 1. The van der Waals surface area contributed by atoms with E-state index in [0.29, 0.717) is 30.4 Å². The average Bonchev–Trinajstić information content (AvgIpc) is 2.70. The van der Waals surface area contributed by atoms with Gasteiger partial charge in [-0.05, 0) is 43.0 Å². The Morgan fingerprint density at radius 1 is 1.27 bits per heavy atom. The van der Waals surface area contributed by atoms with E-state index in [2.05, 4.69) is 25.9 Å². The van der Waals surface area contributed by atoms with Gasteiger partial charge < -0.3 is 9.64 Å². The van der Waals surface area contributed by atoms with E-state index in [1.807, 2.05) is 24.3 Å². The van der Waals surface area contributed by atoms with E-state index in [1.54, 1.807) is 12.1 Å². The number of nitriles is 1. The van der Waals surface area contributed by atoms with E-state index < -0.39 is 11.4 Å². The zero-order valence-corrected chi connectivity index (χ0v) is 15.2. The van der Waals surface area contributed by atoms with Gasteiger partial charge in [0.2, 0.25) is 0 Å². The Bertz CT molecular complexity index is 824. The summed E-state index contributed by atoms with van der Waals surface area (Å²) in [5, 5.41) is 18.5. The first kappa shape index (κ1) is 18.2. The van der Waals surface area contributed by atoms with Crippen molar-refractivity contribution in [1.82, 2.24) is 10.2 Å². The van der Waals surface area contributed by atoms with Gasteiger partial charge in [-0.15, -0.1) is 10.2 Å². The molecular formula is C19H19ClN4O2. The predicted octanol–water partition coefficient (Wildman–Crippen LogP) is 3.27. The summed E-state index contributed by atoms with van der Waals surface area (Å²) in [5.41, 5.74) is 0.755. The van der Waals surface area contributed by atoms with E-state index in [9.17, 15) is 10.1 Å². The molecule has 0 bridgehead atoms. The molecule has 1 aliphatic heterocycles. The van der Waals surface area contributed by atoms with Crippen molar-refractivity contribution < 1.29 is 9.53 Å². The summed E-state index contributed by atoms with van der Waals surface area (Å²) in [6.07, 6.45) is 2.08. The molecule has 2 heterocycles. The lowest BCUT2D eigenvalue weighted by Gasteiger charge is -2.38. The van der Waals surface area contributed by atoms with Crippen LogP contribution >= 0.6 is 11.6 Å². The summed E-state index contributed by atoms with van der Waals surface area (Å²) < 4.78 is 4.63. The van der Waals surface area contributed by atoms with Crippen LogP contribution in [0.3, 0.4) is 0 Å². The molecule has 1 saturated heterocycles. The standard InChI is InChI=1S/C19H19ClN4O2/c1-26-18(25)16-6-7-17(23-22-16)24-10-8-19(13-21,9-11-24)12-14-4-2-3-5-15(14)20/h2-7H,8-12H2,1H3. The first-order valence-corrected chi connectivity index (χ1v) is 8.76. The van der Waals surface area contributed by atoms with Crippen molar-refractivity contribution in [3.8, 4) is 6.07 Å². The molecule has 1 aromatic carbocycles. The van der Waals surface area contributed by atoms with Crippen molar-refractivity contribution in [3.63, 3.8) is 0 Å². The average molecular weight is 371 g/mol. The van der Waals surface area contributed by atoms with Gasteiger partial charge in [-0.3, -0.25) is 0 Å². The Morgan fingerprint density at radius 3 is 2.58 bits per heavy atom. The minimum atomic E-state index is -0.508. The van der Waals surface area contributed by atoms with Crippen molar-refractivity contribution in [2.45, 2.75) is 19.3 Å². The highest BCUT2D eigenvalue weighted by atomic mass is 35.5. The number of halogens is 1. The molecule has 0 saturated carbocycles. The fourth-order valence-corrected chi connectivity index (χ4v) is 3.41. The number of hydrogen-bond donors (Lipinski definition) is 0. The van der Waals surface area contributed by atoms with Crippen molar-refractivity contribution >= 4 is 23.4 Å². The molecule has 0 spiro atoms. The lowest BCUT2D eigenvalue weighted by molar-refractivity contribution is 0.0592. The maximum atomic E-state index is 11.4. The van der Waals surface area contributed by atoms with Gasteiger partial charge in [0.1, 0.15) is 0 Å². The van der Waals surface area contributed by atoms with Gasteiger partial charge in [0.05, 0.1) is 18.6 Å². The number of carbonyl (C=O) groups excluding carboxylic acids is 1. The van der Waals surface area contributed by atoms with E-state index in [-0.39, 0.29) is 5.69 Å². The second kappa shape index (κ2) is 7.71. The topological polar surface area (TPSA) is 79.1 Å². The molecule has 0 N–H and O–H groups in total. The molecule has 0 atom stereocenters. The number of methoxy groups -OCH3 is 1. The van der Waals surface area contributed by atoms with Gasteiger partial charge in [0.25, 0.3) is 0 Å². The second-order valence-electron chi connectivity index (χ2n) is 6.42. The maximum Gasteiger partial charge on any atom is 0.358 e. The Labute approximate surface area is 157 Å². The maximum absolute atomic E-state index is 11.4. The number of hydrogen-bond acceptors (Lipinski definition) is 6. The molecule has 1 aliphatic rings. The van der Waals surface area contributed by atoms with E-state index in [1.165, 1.54) is 7.11 Å². The predicted molar refractivity (Wildman–Crippen MR) is 98.0 cm³/mol. The Kier molecular flexibility index (Phi) is 5.38. The number of piperidine rings is 1. The third-order valence-corrected chi connectivity index (χ3v) is 5.18. The van der Waals surface area contributed by atoms with Crippen LogP contribution in [-0.4, -0.2) is 36.4 Å². The third-order valence-electron chi connectivity index (χ3n) is 4.81. The SMILES string of the molecule is COC(=O)c1ccc(N2CCC(C#N)(Cc3ccccc3Cl)CC2)nn1. The number of aromatic nitrogens is 2. The largest absolute Gasteiger partial charge is 0.464 e. The number of nitrogens with zero attached hydrogens (tertiary/aromatic N) is 4. The molecule has 0 radical (unpaired) electrons. The van der Waals surface area contributed by atoms with Gasteiger partial charge in [-0.1, -0.05) is 29.8 Å². The number of ether oxygens (including phenoxy) is 1. The van der Waals surface area contributed by atoms with Crippen LogP contribution in [0.25, 0.3) is 0 Å². The van der Waals surface area contributed by atoms with Crippen molar-refractivity contribution in [2.75, 3.05) is 25.1 Å². The molecule has 0 amide bonds. The fraction of sp³-hybridized carbons (Fsp3) is 0.368. The lowest BCUT2D eigenvalue weighted by atomic mass is 9.75. The summed E-state index contributed by atoms with van der Waals surface area (Å²) in [6.45, 7) is 1.40. The molecule has 1 fully saturated rings. The first-order chi connectivity index (χ1) is 12.6. The van der Waals surface area contributed by atoms with Crippen LogP contribution in [0.15, 0.2) is 36.4 Å². The summed E-state index contributed by atoms with van der Waals surface area (Å²) in [7, 11) is 1.31. The summed E-state index contributed by atoms with van der Waals surface area (Å²) >= 11 is 6.26. The quantitative estimate of drug-likeness (QED) is 0.768. The van der Waals surface area contributed by atoms with Crippen LogP contribution in [0.4, 0.5) is 5.82 Å². The Morgan fingerprint density at radius 2 is 2.00 bits per heavy atom. The number of carbonyl (C=O) groups is 1. The summed E-state index contributed by atoms with van der Waals surface area (Å²) in [5.74, 6) is 0.188. The fourth-order valence-electron chi connectivity index (χ4n) is 3.21. The Hall–Kier alpha value is -2.65. The highest BCUT2D eigenvalue weighted by Gasteiger charge is 2.36. The van der Waals surface area contributed by atoms with E-state index >= 15 is 0 Å². The van der Waals surface area contributed by atoms with Gasteiger partial charge in [0, 0.05) is 18.1 Å². The highest BCUT2D eigenvalue weighted by Crippen LogP contribution is 2.37. The van der Waals surface area contributed by atoms with E-state index in [4.69, 9.17) is 11.6 Å². The van der Waals surface area contributed by atoms with Crippen molar-refractivity contribution in [3.05, 3.63) is 52.7 Å². The molecule has 2 aromatic rings. The minimum absolute atomic E-state index is 0.179. The van der Waals surface area contributed by atoms with E-state index in [0.717, 1.165) is 18.4 Å². The van der Waals surface area contributed by atoms with Gasteiger partial charge in [0.15, 0.2) is 11.5 Å². The van der Waals surface area contributed by atoms with Gasteiger partial charge in [-0.2, -0.15) is 5.26 Å². The minimum Gasteiger partial charge on any atom is -0.464 e. The number of anilines is 1. The molecule has 3 rings (SSSR count). The molecule has 0 aliphatic carbocycles. The number of esters is 1. The Balaban J connectivity index is 1.68. The smallest absolute Gasteiger partial charge is 0.358 e. The molecular weight excluding hydrogens is 352 g/mol. The van der Waals surface area contributed by atoms with Gasteiger partial charge >= 0.3 is 5.97 Å². The first-order valence-electron chi connectivity index (χ1n) is 8.38. The molecule has 0 unspecified atom stereocenters. The van der Waals surface area contributed by atoms with Gasteiger partial charge in [-0.25, -0.2) is 4.79 Å². The highest BCUT2D eigenvalue weighted by molar-refractivity contribution is 6.31. The summed E-state index contributed by atoms with van der Waals surface area (Å²) in [4.78, 5) is 13.5. The second-order valence-corrected chi connectivity index (χ2v) is 6.82. The molecule has 1 aromatic heterocycles. The lowest BCUT2D eigenvalue weighted by Crippen LogP contribution is -2.41. The van der Waals surface area contributed by atoms with Crippen LogP contribution < -0.4 is 4.90 Å². The molecule has 134 valence electrons. The molecule has 6 nitrogen and oxygen atoms in total. The summed E-state index contributed by atoms with van der Waals surface area (Å²) in [6, 6.07) is 13.5. The molecule has 7 heteroatoms. The zero-order valence-electron chi connectivity index (χ0n) is 14.5. The van der Waals surface area contributed by atoms with Crippen LogP contribution in [0.5, 0.6) is 0 Å². The van der Waals surface area contributed by atoms with Crippen LogP contribution in [-0.2, 0) is 11.2 Å². The van der Waals surface area contributed by atoms with Crippen LogP contribution in [0.1, 0.15) is 28.9 Å². The van der Waals surface area contributed by atoms with Crippen molar-refractivity contribution in [2.24, 2.45) is 5.41 Å².